The molecule has 0 radical (unpaired) electrons. The van der Waals surface area contributed by atoms with Gasteiger partial charge in [0.25, 0.3) is 5.91 Å². The summed E-state index contributed by atoms with van der Waals surface area (Å²) in [5, 5.41) is 12.4. The van der Waals surface area contributed by atoms with Crippen molar-refractivity contribution >= 4 is 40.9 Å². The van der Waals surface area contributed by atoms with E-state index in [9.17, 15) is 9.59 Å². The summed E-state index contributed by atoms with van der Waals surface area (Å²) in [6.45, 7) is 0.382. The van der Waals surface area contributed by atoms with Crippen LogP contribution in [-0.2, 0) is 11.3 Å². The topological polar surface area (TPSA) is 73.2 Å². The second-order valence-electron chi connectivity index (χ2n) is 6.78. The molecule has 7 heteroatoms. The van der Waals surface area contributed by atoms with Gasteiger partial charge < -0.3 is 10.2 Å². The van der Waals surface area contributed by atoms with Crippen molar-refractivity contribution in [1.82, 2.24) is 4.90 Å². The van der Waals surface area contributed by atoms with Crippen molar-refractivity contribution in [2.45, 2.75) is 11.4 Å². The van der Waals surface area contributed by atoms with Gasteiger partial charge in [-0.2, -0.15) is 5.26 Å². The summed E-state index contributed by atoms with van der Waals surface area (Å²) in [5.41, 5.74) is 2.43. The molecule has 2 amide bonds. The average molecular weight is 450 g/mol. The molecular weight excluding hydrogens is 430 g/mol. The van der Waals surface area contributed by atoms with Crippen molar-refractivity contribution in [2.75, 3.05) is 18.1 Å². The molecule has 0 bridgehead atoms. The van der Waals surface area contributed by atoms with Gasteiger partial charge in [-0.05, 0) is 42.0 Å². The largest absolute Gasteiger partial charge is 0.337 e. The normalized spacial score (nSPS) is 10.2. The molecular formula is C24H20ClN3O2S. The Morgan fingerprint density at radius 2 is 1.81 bits per heavy atom. The highest BCUT2D eigenvalue weighted by Crippen LogP contribution is 2.25. The van der Waals surface area contributed by atoms with Crippen molar-refractivity contribution < 1.29 is 9.59 Å². The Bertz CT molecular complexity index is 1140. The van der Waals surface area contributed by atoms with Crippen LogP contribution in [0, 0.1) is 11.3 Å². The molecule has 31 heavy (non-hydrogen) atoms. The number of hydrogen-bond donors (Lipinski definition) is 1. The third-order valence-electron chi connectivity index (χ3n) is 4.46. The smallest absolute Gasteiger partial charge is 0.255 e. The molecule has 156 valence electrons. The van der Waals surface area contributed by atoms with Gasteiger partial charge in [0.15, 0.2) is 0 Å². The standard InChI is InChI=1S/C24H20ClN3O2S/c1-28(15-18-8-2-4-11-21(18)25)24(30)20-10-3-5-12-22(20)31-16-23(29)27-19-9-6-7-17(13-19)14-26/h2-13H,15-16H2,1H3,(H,27,29). The van der Waals surface area contributed by atoms with Gasteiger partial charge in [-0.3, -0.25) is 9.59 Å². The molecule has 0 atom stereocenters. The first-order chi connectivity index (χ1) is 15.0. The SMILES string of the molecule is CN(Cc1ccccc1Cl)C(=O)c1ccccc1SCC(=O)Nc1cccc(C#N)c1. The predicted octanol–water partition coefficient (Wildman–Crippen LogP) is 5.21. The quantitative estimate of drug-likeness (QED) is 0.502. The van der Waals surface area contributed by atoms with Crippen LogP contribution >= 0.6 is 23.4 Å². The van der Waals surface area contributed by atoms with Crippen LogP contribution in [0.5, 0.6) is 0 Å². The number of halogens is 1. The van der Waals surface area contributed by atoms with Crippen LogP contribution in [0.1, 0.15) is 21.5 Å². The predicted molar refractivity (Wildman–Crippen MR) is 124 cm³/mol. The number of thioether (sulfide) groups is 1. The minimum absolute atomic E-state index is 0.134. The molecule has 1 N–H and O–H groups in total. The maximum absolute atomic E-state index is 13.0. The van der Waals surface area contributed by atoms with E-state index in [1.807, 2.05) is 36.4 Å². The van der Waals surface area contributed by atoms with Gasteiger partial charge >= 0.3 is 0 Å². The van der Waals surface area contributed by atoms with E-state index in [-0.39, 0.29) is 17.6 Å². The fraction of sp³-hybridized carbons (Fsp3) is 0.125. The molecule has 0 aliphatic rings. The number of nitriles is 1. The van der Waals surface area contributed by atoms with Crippen LogP contribution in [-0.4, -0.2) is 29.5 Å². The number of anilines is 1. The zero-order valence-corrected chi connectivity index (χ0v) is 18.4. The molecule has 0 saturated heterocycles. The molecule has 0 spiro atoms. The van der Waals surface area contributed by atoms with Crippen LogP contribution in [0.25, 0.3) is 0 Å². The summed E-state index contributed by atoms with van der Waals surface area (Å²) in [6, 6.07) is 23.4. The number of rotatable bonds is 7. The first-order valence-corrected chi connectivity index (χ1v) is 10.8. The molecule has 3 aromatic rings. The van der Waals surface area contributed by atoms with Crippen molar-refractivity contribution in [3.05, 3.63) is 94.5 Å². The molecule has 0 saturated carbocycles. The average Bonchev–Trinajstić information content (AvgIpc) is 2.79. The van der Waals surface area contributed by atoms with E-state index in [1.54, 1.807) is 54.4 Å². The molecule has 0 unspecified atom stereocenters. The molecule has 5 nitrogen and oxygen atoms in total. The van der Waals surface area contributed by atoms with E-state index >= 15 is 0 Å². The molecule has 0 fully saturated rings. The van der Waals surface area contributed by atoms with Crippen molar-refractivity contribution in [1.29, 1.82) is 5.26 Å². The summed E-state index contributed by atoms with van der Waals surface area (Å²) >= 11 is 7.51. The number of nitrogens with one attached hydrogen (secondary N) is 1. The zero-order valence-electron chi connectivity index (χ0n) is 16.8. The lowest BCUT2D eigenvalue weighted by Gasteiger charge is -2.19. The van der Waals surface area contributed by atoms with Gasteiger partial charge in [0.05, 0.1) is 22.9 Å². The highest BCUT2D eigenvalue weighted by Gasteiger charge is 2.17. The Morgan fingerprint density at radius 3 is 2.58 bits per heavy atom. The maximum atomic E-state index is 13.0. The van der Waals surface area contributed by atoms with Crippen molar-refractivity contribution in [3.63, 3.8) is 0 Å². The fourth-order valence-corrected chi connectivity index (χ4v) is 3.98. The molecule has 0 heterocycles. The number of carbonyl (C=O) groups is 2. The first kappa shape index (κ1) is 22.4. The Labute approximate surface area is 190 Å². The van der Waals surface area contributed by atoms with E-state index in [4.69, 9.17) is 16.9 Å². The van der Waals surface area contributed by atoms with Gasteiger partial charge in [-0.1, -0.05) is 48.0 Å². The highest BCUT2D eigenvalue weighted by molar-refractivity contribution is 8.00. The van der Waals surface area contributed by atoms with E-state index < -0.39 is 0 Å². The van der Waals surface area contributed by atoms with E-state index in [0.717, 1.165) is 10.5 Å². The van der Waals surface area contributed by atoms with E-state index in [1.165, 1.54) is 11.8 Å². The summed E-state index contributed by atoms with van der Waals surface area (Å²) in [5.74, 6) is -0.230. The van der Waals surface area contributed by atoms with Gasteiger partial charge in [0.2, 0.25) is 5.91 Å². The molecule has 3 aromatic carbocycles. The van der Waals surface area contributed by atoms with Crippen molar-refractivity contribution in [2.24, 2.45) is 0 Å². The van der Waals surface area contributed by atoms with Crippen LogP contribution < -0.4 is 5.32 Å². The van der Waals surface area contributed by atoms with Gasteiger partial charge in [-0.25, -0.2) is 0 Å². The summed E-state index contributed by atoms with van der Waals surface area (Å²) in [7, 11) is 1.72. The Morgan fingerprint density at radius 1 is 1.06 bits per heavy atom. The van der Waals surface area contributed by atoms with E-state index in [2.05, 4.69) is 5.32 Å². The van der Waals surface area contributed by atoms with Gasteiger partial charge in [0, 0.05) is 29.2 Å². The van der Waals surface area contributed by atoms with Gasteiger partial charge in [-0.15, -0.1) is 11.8 Å². The monoisotopic (exact) mass is 449 g/mol. The third kappa shape index (κ3) is 6.11. The van der Waals surface area contributed by atoms with Crippen molar-refractivity contribution in [3.8, 4) is 6.07 Å². The molecule has 0 aromatic heterocycles. The Kier molecular flexibility index (Phi) is 7.71. The minimum atomic E-state index is -0.216. The third-order valence-corrected chi connectivity index (χ3v) is 5.91. The van der Waals surface area contributed by atoms with Crippen LogP contribution in [0.3, 0.4) is 0 Å². The molecule has 0 aliphatic heterocycles. The van der Waals surface area contributed by atoms with E-state index in [0.29, 0.717) is 28.4 Å². The number of carbonyl (C=O) groups excluding carboxylic acids is 2. The van der Waals surface area contributed by atoms with Gasteiger partial charge in [0.1, 0.15) is 0 Å². The lowest BCUT2D eigenvalue weighted by Crippen LogP contribution is -2.27. The summed E-state index contributed by atoms with van der Waals surface area (Å²) < 4.78 is 0. The fourth-order valence-electron chi connectivity index (χ4n) is 2.94. The van der Waals surface area contributed by atoms with Crippen LogP contribution in [0.4, 0.5) is 5.69 Å². The number of hydrogen-bond acceptors (Lipinski definition) is 4. The summed E-state index contributed by atoms with van der Waals surface area (Å²) in [4.78, 5) is 27.7. The molecule has 0 aliphatic carbocycles. The molecule has 3 rings (SSSR count). The van der Waals surface area contributed by atoms with Crippen LogP contribution in [0.2, 0.25) is 5.02 Å². The maximum Gasteiger partial charge on any atom is 0.255 e. The Balaban J connectivity index is 1.65. The van der Waals surface area contributed by atoms with Crippen LogP contribution in [0.15, 0.2) is 77.7 Å². The lowest BCUT2D eigenvalue weighted by atomic mass is 10.1. The first-order valence-electron chi connectivity index (χ1n) is 9.48. The summed E-state index contributed by atoms with van der Waals surface area (Å²) in [6.07, 6.45) is 0. The minimum Gasteiger partial charge on any atom is -0.337 e. The second kappa shape index (κ2) is 10.7. The second-order valence-corrected chi connectivity index (χ2v) is 8.20. The highest BCUT2D eigenvalue weighted by atomic mass is 35.5. The number of nitrogens with zero attached hydrogens (tertiary/aromatic N) is 2. The Hall–Kier alpha value is -3.27. The zero-order chi connectivity index (χ0) is 22.2. The number of benzene rings is 3. The number of amides is 2. The lowest BCUT2D eigenvalue weighted by molar-refractivity contribution is -0.113.